The van der Waals surface area contributed by atoms with E-state index in [0.717, 1.165) is 61.7 Å². The smallest absolute Gasteiger partial charge is 0.239 e. The number of piperidine rings is 1. The van der Waals surface area contributed by atoms with E-state index >= 15 is 0 Å². The second-order valence-corrected chi connectivity index (χ2v) is 11.0. The Kier molecular flexibility index (Phi) is 10.3. The van der Waals surface area contributed by atoms with Crippen LogP contribution in [0, 0.1) is 11.8 Å². The predicted octanol–water partition coefficient (Wildman–Crippen LogP) is 6.14. The van der Waals surface area contributed by atoms with Crippen LogP contribution in [0.1, 0.15) is 58.9 Å². The van der Waals surface area contributed by atoms with Crippen molar-refractivity contribution < 1.29 is 9.53 Å². The molecule has 192 valence electrons. The topological polar surface area (TPSA) is 58.8 Å². The van der Waals surface area contributed by atoms with E-state index in [4.69, 9.17) is 22.1 Å². The van der Waals surface area contributed by atoms with Crippen molar-refractivity contribution in [2.45, 2.75) is 72.1 Å². The van der Waals surface area contributed by atoms with Gasteiger partial charge in [-0.15, -0.1) is 0 Å². The van der Waals surface area contributed by atoms with Crippen molar-refractivity contribution in [3.63, 3.8) is 0 Å². The summed E-state index contributed by atoms with van der Waals surface area (Å²) in [5, 5.41) is 0.726. The third kappa shape index (κ3) is 8.43. The summed E-state index contributed by atoms with van der Waals surface area (Å²) in [6.45, 7) is 11.7. The van der Waals surface area contributed by atoms with Gasteiger partial charge in [-0.05, 0) is 79.5 Å². The van der Waals surface area contributed by atoms with Gasteiger partial charge in [-0.2, -0.15) is 0 Å². The number of carbonyl (C=O) groups is 1. The van der Waals surface area contributed by atoms with Crippen LogP contribution in [0.2, 0.25) is 5.02 Å². The van der Waals surface area contributed by atoms with E-state index in [1.807, 2.05) is 41.3 Å². The van der Waals surface area contributed by atoms with Crippen LogP contribution < -0.4 is 15.4 Å². The molecule has 2 N–H and O–H groups in total. The molecule has 1 heterocycles. The van der Waals surface area contributed by atoms with Crippen LogP contribution in [0.4, 0.5) is 5.69 Å². The lowest BCUT2D eigenvalue weighted by molar-refractivity contribution is -0.134. The molecule has 0 spiro atoms. The maximum atomic E-state index is 13.0. The van der Waals surface area contributed by atoms with E-state index in [2.05, 4.69) is 44.7 Å². The number of nitrogens with zero attached hydrogens (tertiary/aromatic N) is 2. The van der Waals surface area contributed by atoms with Crippen LogP contribution in [0.15, 0.2) is 48.5 Å². The lowest BCUT2D eigenvalue weighted by atomic mass is 9.99. The van der Waals surface area contributed by atoms with Crippen molar-refractivity contribution in [2.24, 2.45) is 17.6 Å². The first-order valence-electron chi connectivity index (χ1n) is 13.0. The summed E-state index contributed by atoms with van der Waals surface area (Å²) in [7, 11) is 0. The normalized spacial score (nSPS) is 17.0. The molecule has 0 aliphatic carbocycles. The van der Waals surface area contributed by atoms with E-state index in [1.165, 1.54) is 5.69 Å². The second kappa shape index (κ2) is 13.2. The summed E-state index contributed by atoms with van der Waals surface area (Å²) < 4.78 is 5.99. The minimum Gasteiger partial charge on any atom is -0.489 e. The van der Waals surface area contributed by atoms with Gasteiger partial charge in [0.2, 0.25) is 5.91 Å². The molecule has 0 radical (unpaired) electrons. The molecule has 1 saturated heterocycles. The molecule has 0 saturated carbocycles. The molecule has 2 aromatic carbocycles. The van der Waals surface area contributed by atoms with Crippen molar-refractivity contribution in [1.82, 2.24) is 4.90 Å². The molecule has 2 aromatic rings. The number of likely N-dealkylation sites (tertiary alicyclic amines) is 1. The summed E-state index contributed by atoms with van der Waals surface area (Å²) in [6.07, 6.45) is 3.92. The van der Waals surface area contributed by atoms with Crippen LogP contribution in [-0.4, -0.2) is 42.5 Å². The average molecular weight is 500 g/mol. The van der Waals surface area contributed by atoms with Crippen LogP contribution in [-0.2, 0) is 11.4 Å². The molecule has 1 aliphatic rings. The average Bonchev–Trinajstić information content (AvgIpc) is 2.83. The maximum Gasteiger partial charge on any atom is 0.239 e. The number of benzene rings is 2. The third-order valence-electron chi connectivity index (χ3n) is 6.63. The monoisotopic (exact) mass is 499 g/mol. The largest absolute Gasteiger partial charge is 0.489 e. The van der Waals surface area contributed by atoms with Crippen molar-refractivity contribution in [3.05, 3.63) is 59.1 Å². The fourth-order valence-corrected chi connectivity index (χ4v) is 4.78. The van der Waals surface area contributed by atoms with Gasteiger partial charge in [0, 0.05) is 36.4 Å². The molecule has 3 rings (SSSR count). The van der Waals surface area contributed by atoms with Gasteiger partial charge in [-0.3, -0.25) is 4.79 Å². The Morgan fingerprint density at radius 3 is 2.40 bits per heavy atom. The van der Waals surface area contributed by atoms with Crippen molar-refractivity contribution >= 4 is 23.2 Å². The van der Waals surface area contributed by atoms with Gasteiger partial charge < -0.3 is 20.3 Å². The predicted molar refractivity (Wildman–Crippen MR) is 146 cm³/mol. The molecule has 1 unspecified atom stereocenters. The Hall–Kier alpha value is -2.24. The van der Waals surface area contributed by atoms with E-state index in [1.54, 1.807) is 0 Å². The number of hydrogen-bond acceptors (Lipinski definition) is 4. The number of nitrogens with two attached hydrogens (primary N) is 1. The molecule has 5 nitrogen and oxygen atoms in total. The molecule has 1 fully saturated rings. The minimum absolute atomic E-state index is 0.0955. The van der Waals surface area contributed by atoms with E-state index in [-0.39, 0.29) is 5.91 Å². The minimum atomic E-state index is -0.407. The Morgan fingerprint density at radius 1 is 1.09 bits per heavy atom. The van der Waals surface area contributed by atoms with E-state index in [9.17, 15) is 4.79 Å². The Morgan fingerprint density at radius 2 is 1.77 bits per heavy atom. The maximum absolute atomic E-state index is 13.0. The van der Waals surface area contributed by atoms with Gasteiger partial charge in [0.05, 0.1) is 6.04 Å². The Balaban J connectivity index is 1.68. The van der Waals surface area contributed by atoms with Gasteiger partial charge >= 0.3 is 0 Å². The number of carbonyl (C=O) groups excluding carboxylic acids is 1. The quantitative estimate of drug-likeness (QED) is 0.403. The van der Waals surface area contributed by atoms with Gasteiger partial charge in [0.1, 0.15) is 12.4 Å². The van der Waals surface area contributed by atoms with Crippen LogP contribution in [0.25, 0.3) is 0 Å². The van der Waals surface area contributed by atoms with Gasteiger partial charge in [-0.1, -0.05) is 51.4 Å². The molecule has 0 aromatic heterocycles. The summed E-state index contributed by atoms with van der Waals surface area (Å²) in [6, 6.07) is 16.0. The highest BCUT2D eigenvalue weighted by atomic mass is 35.5. The standard InChI is InChI=1S/C29H42ClN3O2/c1-21(2)15-17-33(26-6-5-16-32(19-26)29(34)28(31)18-22(3)4)25-11-13-27(14-12-25)35-20-23-7-9-24(30)10-8-23/h7-14,21-22,26,28H,5-6,15-20,31H2,1-4H3/t26?,28-/m0/s1. The van der Waals surface area contributed by atoms with Crippen LogP contribution in [0.5, 0.6) is 5.75 Å². The van der Waals surface area contributed by atoms with Gasteiger partial charge in [-0.25, -0.2) is 0 Å². The number of anilines is 1. The number of rotatable bonds is 11. The van der Waals surface area contributed by atoms with E-state index < -0.39 is 6.04 Å². The molecule has 2 atom stereocenters. The number of amides is 1. The Labute approximate surface area is 216 Å². The van der Waals surface area contributed by atoms with Gasteiger partial charge in [0.15, 0.2) is 0 Å². The summed E-state index contributed by atoms with van der Waals surface area (Å²) >= 11 is 5.97. The molecule has 35 heavy (non-hydrogen) atoms. The fourth-order valence-electron chi connectivity index (χ4n) is 4.65. The van der Waals surface area contributed by atoms with Crippen molar-refractivity contribution in [3.8, 4) is 5.75 Å². The highest BCUT2D eigenvalue weighted by Crippen LogP contribution is 2.27. The highest BCUT2D eigenvalue weighted by Gasteiger charge is 2.30. The fraction of sp³-hybridized carbons (Fsp3) is 0.552. The zero-order chi connectivity index (χ0) is 25.4. The summed E-state index contributed by atoms with van der Waals surface area (Å²) in [5.74, 6) is 1.96. The lowest BCUT2D eigenvalue weighted by Gasteiger charge is -2.41. The number of halogens is 1. The molecule has 1 aliphatic heterocycles. The number of ether oxygens (including phenoxy) is 1. The highest BCUT2D eigenvalue weighted by molar-refractivity contribution is 6.30. The first-order valence-corrected chi connectivity index (χ1v) is 13.4. The zero-order valence-corrected chi connectivity index (χ0v) is 22.5. The van der Waals surface area contributed by atoms with E-state index in [0.29, 0.717) is 24.5 Å². The molecular formula is C29H42ClN3O2. The Bertz CT molecular complexity index is 915. The zero-order valence-electron chi connectivity index (χ0n) is 21.8. The molecule has 0 bridgehead atoms. The summed E-state index contributed by atoms with van der Waals surface area (Å²) in [5.41, 5.74) is 8.51. The van der Waals surface area contributed by atoms with Crippen molar-refractivity contribution in [2.75, 3.05) is 24.5 Å². The lowest BCUT2D eigenvalue weighted by Crippen LogP contribution is -2.54. The molecular weight excluding hydrogens is 458 g/mol. The van der Waals surface area contributed by atoms with Gasteiger partial charge in [0.25, 0.3) is 0 Å². The second-order valence-electron chi connectivity index (χ2n) is 10.6. The van der Waals surface area contributed by atoms with Crippen LogP contribution in [0.3, 0.4) is 0 Å². The SMILES string of the molecule is CC(C)CCN(c1ccc(OCc2ccc(Cl)cc2)cc1)C1CCCN(C(=O)[C@@H](N)CC(C)C)C1. The summed E-state index contributed by atoms with van der Waals surface area (Å²) in [4.78, 5) is 17.5. The third-order valence-corrected chi connectivity index (χ3v) is 6.88. The molecule has 6 heteroatoms. The molecule has 1 amide bonds. The van der Waals surface area contributed by atoms with Crippen LogP contribution >= 0.6 is 11.6 Å². The first-order chi connectivity index (χ1) is 16.7. The van der Waals surface area contributed by atoms with Crippen molar-refractivity contribution in [1.29, 1.82) is 0 Å². The first kappa shape index (κ1) is 27.3. The number of hydrogen-bond donors (Lipinski definition) is 1.